The first kappa shape index (κ1) is 18.0. The van der Waals surface area contributed by atoms with Gasteiger partial charge in [0.2, 0.25) is 0 Å². The molecule has 31 heavy (non-hydrogen) atoms. The van der Waals surface area contributed by atoms with Gasteiger partial charge in [0.15, 0.2) is 0 Å². The summed E-state index contributed by atoms with van der Waals surface area (Å²) in [5.41, 5.74) is 3.90. The van der Waals surface area contributed by atoms with Crippen LogP contribution in [0.2, 0.25) is 0 Å². The Morgan fingerprint density at radius 1 is 0.516 bits per heavy atom. The molecule has 0 saturated heterocycles. The van der Waals surface area contributed by atoms with Crippen molar-refractivity contribution in [3.63, 3.8) is 0 Å². The average Bonchev–Trinajstić information content (AvgIpc) is 2.84. The van der Waals surface area contributed by atoms with Gasteiger partial charge in [-0.25, -0.2) is 0 Å². The van der Waals surface area contributed by atoms with Crippen molar-refractivity contribution in [3.8, 4) is 5.75 Å². The first-order valence-corrected chi connectivity index (χ1v) is 10.7. The average molecular weight is 399 g/mol. The van der Waals surface area contributed by atoms with Gasteiger partial charge in [-0.05, 0) is 61.1 Å². The first-order chi connectivity index (χ1) is 15.3. The molecule has 0 aliphatic heterocycles. The van der Waals surface area contributed by atoms with Gasteiger partial charge in [-0.3, -0.25) is 0 Å². The van der Waals surface area contributed by atoms with Gasteiger partial charge in [0.1, 0.15) is 5.75 Å². The van der Waals surface area contributed by atoms with Gasteiger partial charge in [0, 0.05) is 5.92 Å². The molecule has 6 aromatic carbocycles. The third-order valence-corrected chi connectivity index (χ3v) is 6.46. The maximum absolute atomic E-state index is 5.41. The highest BCUT2D eigenvalue weighted by Crippen LogP contribution is 2.41. The van der Waals surface area contributed by atoms with Crippen molar-refractivity contribution in [3.05, 3.63) is 126 Å². The monoisotopic (exact) mass is 398 g/mol. The lowest BCUT2D eigenvalue weighted by Crippen LogP contribution is -2.04. The second kappa shape index (κ2) is 7.14. The topological polar surface area (TPSA) is 9.23 Å². The molecule has 0 radical (unpaired) electrons. The lowest BCUT2D eigenvalue weighted by atomic mass is 9.81. The molecule has 6 rings (SSSR count). The van der Waals surface area contributed by atoms with Gasteiger partial charge in [-0.1, -0.05) is 97.1 Å². The third kappa shape index (κ3) is 2.85. The van der Waals surface area contributed by atoms with E-state index in [1.54, 1.807) is 7.11 Å². The fourth-order valence-corrected chi connectivity index (χ4v) is 5.00. The summed E-state index contributed by atoms with van der Waals surface area (Å²) in [6.07, 6.45) is 0. The van der Waals surface area contributed by atoms with Crippen molar-refractivity contribution < 1.29 is 4.74 Å². The van der Waals surface area contributed by atoms with E-state index in [0.29, 0.717) is 0 Å². The standard InChI is InChI=1S/C30H22O/c1-31-25-16-12-23(13-17-25)28(20-6-3-2-4-7-20)26-18-15-24-11-10-21-8-5-9-22-14-19-27(26)30(24)29(21)22/h2-19,28H,1H3. The summed E-state index contributed by atoms with van der Waals surface area (Å²) in [6, 6.07) is 39.5. The summed E-state index contributed by atoms with van der Waals surface area (Å²) in [4.78, 5) is 0. The van der Waals surface area contributed by atoms with E-state index in [4.69, 9.17) is 4.74 Å². The minimum absolute atomic E-state index is 0.150. The highest BCUT2D eigenvalue weighted by atomic mass is 16.5. The Kier molecular flexibility index (Phi) is 4.14. The lowest BCUT2D eigenvalue weighted by Gasteiger charge is -2.22. The van der Waals surface area contributed by atoms with Gasteiger partial charge in [-0.15, -0.1) is 0 Å². The second-order valence-electron chi connectivity index (χ2n) is 8.13. The minimum atomic E-state index is 0.150. The fourth-order valence-electron chi connectivity index (χ4n) is 5.00. The highest BCUT2D eigenvalue weighted by Gasteiger charge is 2.21. The maximum atomic E-state index is 5.41. The van der Waals surface area contributed by atoms with Crippen LogP contribution in [0.1, 0.15) is 22.6 Å². The van der Waals surface area contributed by atoms with Crippen LogP contribution >= 0.6 is 0 Å². The van der Waals surface area contributed by atoms with Gasteiger partial charge in [0.25, 0.3) is 0 Å². The Hall–Kier alpha value is -3.84. The van der Waals surface area contributed by atoms with Crippen molar-refractivity contribution in [2.45, 2.75) is 5.92 Å². The highest BCUT2D eigenvalue weighted by molar-refractivity contribution is 6.23. The maximum Gasteiger partial charge on any atom is 0.118 e. The Morgan fingerprint density at radius 2 is 1.13 bits per heavy atom. The van der Waals surface area contributed by atoms with Crippen molar-refractivity contribution in [2.24, 2.45) is 0 Å². The summed E-state index contributed by atoms with van der Waals surface area (Å²) in [6.45, 7) is 0. The van der Waals surface area contributed by atoms with E-state index in [-0.39, 0.29) is 5.92 Å². The van der Waals surface area contributed by atoms with Gasteiger partial charge >= 0.3 is 0 Å². The molecular formula is C30H22O. The molecular weight excluding hydrogens is 376 g/mol. The molecule has 0 N–H and O–H groups in total. The normalized spacial score (nSPS) is 12.5. The molecule has 0 bridgehead atoms. The minimum Gasteiger partial charge on any atom is -0.497 e. The molecule has 0 heterocycles. The summed E-state index contributed by atoms with van der Waals surface area (Å²) >= 11 is 0. The molecule has 6 aromatic rings. The van der Waals surface area contributed by atoms with Crippen LogP contribution < -0.4 is 4.74 Å². The summed E-state index contributed by atoms with van der Waals surface area (Å²) in [5, 5.41) is 7.95. The summed E-state index contributed by atoms with van der Waals surface area (Å²) in [7, 11) is 1.71. The van der Waals surface area contributed by atoms with Crippen LogP contribution in [0.15, 0.2) is 109 Å². The van der Waals surface area contributed by atoms with Gasteiger partial charge in [-0.2, -0.15) is 0 Å². The second-order valence-corrected chi connectivity index (χ2v) is 8.13. The van der Waals surface area contributed by atoms with Crippen molar-refractivity contribution >= 4 is 32.3 Å². The molecule has 1 unspecified atom stereocenters. The van der Waals surface area contributed by atoms with Gasteiger partial charge < -0.3 is 4.74 Å². The number of ether oxygens (including phenoxy) is 1. The van der Waals surface area contributed by atoms with E-state index in [1.807, 2.05) is 0 Å². The smallest absolute Gasteiger partial charge is 0.118 e. The number of hydrogen-bond donors (Lipinski definition) is 0. The Morgan fingerprint density at radius 3 is 1.84 bits per heavy atom. The largest absolute Gasteiger partial charge is 0.497 e. The molecule has 0 aliphatic carbocycles. The molecule has 0 fully saturated rings. The zero-order valence-electron chi connectivity index (χ0n) is 17.4. The number of hydrogen-bond acceptors (Lipinski definition) is 1. The quantitative estimate of drug-likeness (QED) is 0.218. The predicted molar refractivity (Wildman–Crippen MR) is 131 cm³/mol. The van der Waals surface area contributed by atoms with E-state index in [0.717, 1.165) is 5.75 Å². The van der Waals surface area contributed by atoms with Crippen LogP contribution in [0.3, 0.4) is 0 Å². The third-order valence-electron chi connectivity index (χ3n) is 6.46. The van der Waals surface area contributed by atoms with Crippen LogP contribution in [0.4, 0.5) is 0 Å². The van der Waals surface area contributed by atoms with E-state index in [2.05, 4.69) is 109 Å². The molecule has 148 valence electrons. The van der Waals surface area contributed by atoms with E-state index < -0.39 is 0 Å². The number of methoxy groups -OCH3 is 1. The fraction of sp³-hybridized carbons (Fsp3) is 0.0667. The molecule has 0 saturated carbocycles. The Bertz CT molecular complexity index is 1480. The van der Waals surface area contributed by atoms with Crippen LogP contribution in [0.5, 0.6) is 5.75 Å². The van der Waals surface area contributed by atoms with E-state index in [1.165, 1.54) is 49.0 Å². The molecule has 1 nitrogen and oxygen atoms in total. The van der Waals surface area contributed by atoms with Crippen molar-refractivity contribution in [1.82, 2.24) is 0 Å². The lowest BCUT2D eigenvalue weighted by molar-refractivity contribution is 0.414. The number of rotatable bonds is 4. The molecule has 0 spiro atoms. The van der Waals surface area contributed by atoms with Crippen LogP contribution in [0, 0.1) is 0 Å². The van der Waals surface area contributed by atoms with E-state index in [9.17, 15) is 0 Å². The zero-order chi connectivity index (χ0) is 20.8. The van der Waals surface area contributed by atoms with Crippen LogP contribution in [-0.2, 0) is 0 Å². The van der Waals surface area contributed by atoms with Crippen molar-refractivity contribution in [2.75, 3.05) is 7.11 Å². The first-order valence-electron chi connectivity index (χ1n) is 10.7. The SMILES string of the molecule is COc1ccc(C(c2ccccc2)c2ccc3ccc4cccc5ccc2c3c45)cc1. The predicted octanol–water partition coefficient (Wildman–Crippen LogP) is 7.77. The molecule has 1 heteroatoms. The van der Waals surface area contributed by atoms with Crippen molar-refractivity contribution in [1.29, 1.82) is 0 Å². The van der Waals surface area contributed by atoms with Crippen LogP contribution in [0.25, 0.3) is 32.3 Å². The number of benzene rings is 6. The summed E-state index contributed by atoms with van der Waals surface area (Å²) in [5.74, 6) is 1.03. The molecule has 0 aromatic heterocycles. The molecule has 1 atom stereocenters. The Labute approximate surface area is 181 Å². The Balaban J connectivity index is 1.67. The molecule has 0 amide bonds. The van der Waals surface area contributed by atoms with Gasteiger partial charge in [0.05, 0.1) is 7.11 Å². The molecule has 0 aliphatic rings. The zero-order valence-corrected chi connectivity index (χ0v) is 17.4. The van der Waals surface area contributed by atoms with Crippen LogP contribution in [-0.4, -0.2) is 7.11 Å². The summed E-state index contributed by atoms with van der Waals surface area (Å²) < 4.78 is 5.41. The van der Waals surface area contributed by atoms with E-state index >= 15 is 0 Å².